The summed E-state index contributed by atoms with van der Waals surface area (Å²) in [6.45, 7) is 4.37. The number of benzene rings is 2. The van der Waals surface area contributed by atoms with E-state index in [0.717, 1.165) is 22.4 Å². The standard InChI is InChI=1S/C20H22N4O3S/c1-14-4-9-18(12-15(14)2)28(25,26)24-20-11-10-19(22-23-20)21-13-16-5-7-17(27-3)8-6-16/h4-12H,13H2,1-3H3,(H,21,22)(H,23,24). The van der Waals surface area contributed by atoms with Crippen LogP contribution in [0.4, 0.5) is 11.6 Å². The lowest BCUT2D eigenvalue weighted by Crippen LogP contribution is -2.15. The summed E-state index contributed by atoms with van der Waals surface area (Å²) < 4.78 is 32.6. The number of aryl methyl sites for hydroxylation is 2. The minimum Gasteiger partial charge on any atom is -0.497 e. The van der Waals surface area contributed by atoms with E-state index in [2.05, 4.69) is 20.2 Å². The van der Waals surface area contributed by atoms with Crippen molar-refractivity contribution in [3.05, 3.63) is 71.3 Å². The molecule has 0 bridgehead atoms. The van der Waals surface area contributed by atoms with Gasteiger partial charge in [-0.15, -0.1) is 10.2 Å². The fourth-order valence-corrected chi connectivity index (χ4v) is 3.58. The van der Waals surface area contributed by atoms with E-state index in [0.29, 0.717) is 12.4 Å². The highest BCUT2D eigenvalue weighted by Crippen LogP contribution is 2.18. The molecule has 0 aliphatic carbocycles. The fourth-order valence-electron chi connectivity index (χ4n) is 2.49. The third-order valence-electron chi connectivity index (χ3n) is 4.32. The Hall–Kier alpha value is -3.13. The number of ether oxygens (including phenoxy) is 1. The van der Waals surface area contributed by atoms with E-state index in [1.165, 1.54) is 0 Å². The SMILES string of the molecule is COc1ccc(CNc2ccc(NS(=O)(=O)c3ccc(C)c(C)c3)nn2)cc1. The molecule has 0 saturated carbocycles. The second-order valence-electron chi connectivity index (χ2n) is 6.36. The number of sulfonamides is 1. The Bertz CT molecular complexity index is 1050. The number of anilines is 2. The molecule has 0 amide bonds. The van der Waals surface area contributed by atoms with Crippen molar-refractivity contribution >= 4 is 21.7 Å². The average Bonchev–Trinajstić information content (AvgIpc) is 2.69. The third kappa shape index (κ3) is 4.77. The van der Waals surface area contributed by atoms with Gasteiger partial charge in [0.1, 0.15) is 11.6 Å². The molecule has 0 fully saturated rings. The minimum absolute atomic E-state index is 0.160. The van der Waals surface area contributed by atoms with Crippen molar-refractivity contribution in [3.63, 3.8) is 0 Å². The van der Waals surface area contributed by atoms with E-state index in [-0.39, 0.29) is 10.7 Å². The molecule has 0 atom stereocenters. The zero-order valence-electron chi connectivity index (χ0n) is 15.9. The molecular formula is C20H22N4O3S. The predicted octanol–water partition coefficient (Wildman–Crippen LogP) is 3.51. The molecule has 2 aromatic carbocycles. The van der Waals surface area contributed by atoms with Crippen LogP contribution in [0.2, 0.25) is 0 Å². The number of nitrogens with zero attached hydrogens (tertiary/aromatic N) is 2. The Labute approximate surface area is 164 Å². The van der Waals surface area contributed by atoms with Crippen LogP contribution in [0, 0.1) is 13.8 Å². The van der Waals surface area contributed by atoms with Crippen molar-refractivity contribution in [3.8, 4) is 5.75 Å². The van der Waals surface area contributed by atoms with Gasteiger partial charge in [0.25, 0.3) is 10.0 Å². The van der Waals surface area contributed by atoms with E-state index in [1.54, 1.807) is 37.4 Å². The maximum Gasteiger partial charge on any atom is 0.263 e. The van der Waals surface area contributed by atoms with Gasteiger partial charge in [-0.3, -0.25) is 4.72 Å². The Kier molecular flexibility index (Phi) is 5.79. The number of hydrogen-bond donors (Lipinski definition) is 2. The van der Waals surface area contributed by atoms with Crippen LogP contribution >= 0.6 is 0 Å². The largest absolute Gasteiger partial charge is 0.497 e. The molecule has 0 spiro atoms. The van der Waals surface area contributed by atoms with Gasteiger partial charge in [0.15, 0.2) is 5.82 Å². The number of aromatic nitrogens is 2. The first-order valence-corrected chi connectivity index (χ1v) is 10.2. The van der Waals surface area contributed by atoms with Gasteiger partial charge in [-0.2, -0.15) is 0 Å². The smallest absolute Gasteiger partial charge is 0.263 e. The minimum atomic E-state index is -3.71. The van der Waals surface area contributed by atoms with Gasteiger partial charge in [-0.05, 0) is 66.9 Å². The Morgan fingerprint density at radius 3 is 2.18 bits per heavy atom. The summed E-state index contributed by atoms with van der Waals surface area (Å²) in [4.78, 5) is 0.194. The molecule has 0 aliphatic rings. The molecule has 1 heterocycles. The molecule has 2 N–H and O–H groups in total. The lowest BCUT2D eigenvalue weighted by Gasteiger charge is -2.10. The van der Waals surface area contributed by atoms with Crippen LogP contribution in [0.1, 0.15) is 16.7 Å². The molecule has 7 nitrogen and oxygen atoms in total. The second-order valence-corrected chi connectivity index (χ2v) is 8.04. The summed E-state index contributed by atoms with van der Waals surface area (Å²) in [6.07, 6.45) is 0. The molecule has 0 saturated heterocycles. The molecule has 0 aliphatic heterocycles. The zero-order valence-corrected chi connectivity index (χ0v) is 16.7. The summed E-state index contributed by atoms with van der Waals surface area (Å²) >= 11 is 0. The molecule has 3 aromatic rings. The molecule has 0 unspecified atom stereocenters. The van der Waals surface area contributed by atoms with Crippen LogP contribution in [0.5, 0.6) is 5.75 Å². The van der Waals surface area contributed by atoms with Gasteiger partial charge in [0.05, 0.1) is 12.0 Å². The average molecular weight is 398 g/mol. The highest BCUT2D eigenvalue weighted by atomic mass is 32.2. The van der Waals surface area contributed by atoms with Crippen LogP contribution in [0.3, 0.4) is 0 Å². The first-order valence-electron chi connectivity index (χ1n) is 8.68. The van der Waals surface area contributed by atoms with Crippen LogP contribution in [-0.4, -0.2) is 25.7 Å². The number of methoxy groups -OCH3 is 1. The third-order valence-corrected chi connectivity index (χ3v) is 5.68. The Morgan fingerprint density at radius 2 is 1.57 bits per heavy atom. The molecule has 28 heavy (non-hydrogen) atoms. The van der Waals surface area contributed by atoms with Crippen molar-refractivity contribution < 1.29 is 13.2 Å². The highest BCUT2D eigenvalue weighted by Gasteiger charge is 2.15. The molecule has 8 heteroatoms. The number of nitrogens with one attached hydrogen (secondary N) is 2. The van der Waals surface area contributed by atoms with Crippen LogP contribution in [0.25, 0.3) is 0 Å². The normalized spacial score (nSPS) is 11.1. The molecule has 1 aromatic heterocycles. The van der Waals surface area contributed by atoms with Crippen molar-refractivity contribution in [2.75, 3.05) is 17.1 Å². The quantitative estimate of drug-likeness (QED) is 0.633. The van der Waals surface area contributed by atoms with Gasteiger partial charge < -0.3 is 10.1 Å². The Morgan fingerprint density at radius 1 is 0.893 bits per heavy atom. The van der Waals surface area contributed by atoms with Gasteiger partial charge in [-0.25, -0.2) is 8.42 Å². The van der Waals surface area contributed by atoms with Crippen LogP contribution in [-0.2, 0) is 16.6 Å². The molecule has 0 radical (unpaired) electrons. The summed E-state index contributed by atoms with van der Waals surface area (Å²) in [5.41, 5.74) is 3.00. The Balaban J connectivity index is 1.64. The van der Waals surface area contributed by atoms with Crippen molar-refractivity contribution in [1.29, 1.82) is 0 Å². The van der Waals surface area contributed by atoms with Gasteiger partial charge in [0, 0.05) is 6.54 Å². The maximum absolute atomic E-state index is 12.5. The first-order chi connectivity index (χ1) is 13.4. The van der Waals surface area contributed by atoms with E-state index < -0.39 is 10.0 Å². The van der Waals surface area contributed by atoms with Crippen LogP contribution in [0.15, 0.2) is 59.5 Å². The topological polar surface area (TPSA) is 93.2 Å². The molecular weight excluding hydrogens is 376 g/mol. The van der Waals surface area contributed by atoms with Gasteiger partial charge >= 0.3 is 0 Å². The van der Waals surface area contributed by atoms with Crippen molar-refractivity contribution in [1.82, 2.24) is 10.2 Å². The van der Waals surface area contributed by atoms with E-state index in [4.69, 9.17) is 4.74 Å². The van der Waals surface area contributed by atoms with E-state index in [9.17, 15) is 8.42 Å². The lowest BCUT2D eigenvalue weighted by molar-refractivity contribution is 0.414. The first kappa shape index (κ1) is 19.6. The fraction of sp³-hybridized carbons (Fsp3) is 0.200. The lowest BCUT2D eigenvalue weighted by atomic mass is 10.1. The summed E-state index contributed by atoms with van der Waals surface area (Å²) in [5, 5.41) is 11.1. The van der Waals surface area contributed by atoms with Gasteiger partial charge in [0.2, 0.25) is 0 Å². The maximum atomic E-state index is 12.5. The summed E-state index contributed by atoms with van der Waals surface area (Å²) in [5.74, 6) is 1.50. The zero-order chi connectivity index (χ0) is 20.1. The second kappa shape index (κ2) is 8.26. The monoisotopic (exact) mass is 398 g/mol. The summed E-state index contributed by atoms with van der Waals surface area (Å²) in [6, 6.07) is 15.9. The molecule has 3 rings (SSSR count). The van der Waals surface area contributed by atoms with Crippen LogP contribution < -0.4 is 14.8 Å². The van der Waals surface area contributed by atoms with Crippen molar-refractivity contribution in [2.45, 2.75) is 25.3 Å². The van der Waals surface area contributed by atoms with E-state index >= 15 is 0 Å². The van der Waals surface area contributed by atoms with Crippen molar-refractivity contribution in [2.24, 2.45) is 0 Å². The number of rotatable bonds is 7. The predicted molar refractivity (Wildman–Crippen MR) is 109 cm³/mol. The summed E-state index contributed by atoms with van der Waals surface area (Å²) in [7, 11) is -2.09. The highest BCUT2D eigenvalue weighted by molar-refractivity contribution is 7.92. The number of hydrogen-bond acceptors (Lipinski definition) is 6. The molecule has 146 valence electrons. The van der Waals surface area contributed by atoms with Gasteiger partial charge in [-0.1, -0.05) is 18.2 Å². The van der Waals surface area contributed by atoms with E-state index in [1.807, 2.05) is 38.1 Å².